The lowest BCUT2D eigenvalue weighted by Gasteiger charge is -2.11. The summed E-state index contributed by atoms with van der Waals surface area (Å²) in [4.78, 5) is 8.92. The number of nitrogens with one attached hydrogen (secondary N) is 1. The summed E-state index contributed by atoms with van der Waals surface area (Å²) in [6.45, 7) is 4.80. The number of aryl methyl sites for hydroxylation is 1. The van der Waals surface area contributed by atoms with E-state index in [9.17, 15) is 0 Å². The summed E-state index contributed by atoms with van der Waals surface area (Å²) in [5.41, 5.74) is 2.25. The van der Waals surface area contributed by atoms with Crippen LogP contribution in [0, 0.1) is 6.92 Å². The molecule has 4 heteroatoms. The minimum atomic E-state index is 0.661. The number of ether oxygens (including phenoxy) is 1. The number of methoxy groups -OCH3 is 1. The van der Waals surface area contributed by atoms with Crippen LogP contribution >= 0.6 is 0 Å². The standard InChI is InChI=1S/C11H19N3O/c1-5-9-8(2)13-10(6-7-15-4)14-11(9)12-3/h5-7H2,1-4H3,(H,12,13,14). The monoisotopic (exact) mass is 209 g/mol. The van der Waals surface area contributed by atoms with Crippen LogP contribution in [0.5, 0.6) is 0 Å². The maximum atomic E-state index is 5.02. The summed E-state index contributed by atoms with van der Waals surface area (Å²) < 4.78 is 5.02. The Morgan fingerprint density at radius 3 is 2.60 bits per heavy atom. The molecule has 0 atom stereocenters. The lowest BCUT2D eigenvalue weighted by Crippen LogP contribution is -2.08. The molecule has 0 bridgehead atoms. The van der Waals surface area contributed by atoms with Crippen LogP contribution in [0.3, 0.4) is 0 Å². The third-order valence-corrected chi connectivity index (χ3v) is 2.38. The number of nitrogens with zero attached hydrogens (tertiary/aromatic N) is 2. The Balaban J connectivity index is 2.97. The molecule has 0 unspecified atom stereocenters. The quantitative estimate of drug-likeness (QED) is 0.799. The normalized spacial score (nSPS) is 10.4. The Bertz CT molecular complexity index is 326. The van der Waals surface area contributed by atoms with Crippen molar-refractivity contribution in [2.45, 2.75) is 26.7 Å². The largest absolute Gasteiger partial charge is 0.384 e. The third-order valence-electron chi connectivity index (χ3n) is 2.38. The van der Waals surface area contributed by atoms with Crippen LogP contribution in [-0.2, 0) is 17.6 Å². The van der Waals surface area contributed by atoms with Crippen LogP contribution in [0.1, 0.15) is 24.0 Å². The highest BCUT2D eigenvalue weighted by Gasteiger charge is 2.08. The van der Waals surface area contributed by atoms with Crippen molar-refractivity contribution >= 4 is 5.82 Å². The van der Waals surface area contributed by atoms with E-state index in [0.717, 1.165) is 30.2 Å². The molecule has 0 aliphatic rings. The summed E-state index contributed by atoms with van der Waals surface area (Å²) in [5.74, 6) is 1.78. The van der Waals surface area contributed by atoms with Gasteiger partial charge in [-0.3, -0.25) is 0 Å². The van der Waals surface area contributed by atoms with Crippen molar-refractivity contribution in [3.8, 4) is 0 Å². The Morgan fingerprint density at radius 1 is 1.33 bits per heavy atom. The van der Waals surface area contributed by atoms with Crippen molar-refractivity contribution in [2.75, 3.05) is 26.1 Å². The van der Waals surface area contributed by atoms with E-state index in [1.165, 1.54) is 5.56 Å². The highest BCUT2D eigenvalue weighted by Crippen LogP contribution is 2.16. The van der Waals surface area contributed by atoms with Gasteiger partial charge in [-0.2, -0.15) is 0 Å². The van der Waals surface area contributed by atoms with Crippen LogP contribution in [0.2, 0.25) is 0 Å². The van der Waals surface area contributed by atoms with Crippen molar-refractivity contribution in [1.82, 2.24) is 9.97 Å². The summed E-state index contributed by atoms with van der Waals surface area (Å²) >= 11 is 0. The molecule has 84 valence electrons. The van der Waals surface area contributed by atoms with Crippen LogP contribution in [0.15, 0.2) is 0 Å². The van der Waals surface area contributed by atoms with Gasteiger partial charge < -0.3 is 10.1 Å². The van der Waals surface area contributed by atoms with Gasteiger partial charge in [-0.15, -0.1) is 0 Å². The number of aromatic nitrogens is 2. The molecule has 1 aromatic rings. The molecule has 1 rings (SSSR count). The molecule has 0 fully saturated rings. The maximum absolute atomic E-state index is 5.02. The van der Waals surface area contributed by atoms with E-state index >= 15 is 0 Å². The zero-order chi connectivity index (χ0) is 11.3. The molecule has 1 heterocycles. The van der Waals surface area contributed by atoms with Crippen LogP contribution in [0.25, 0.3) is 0 Å². The lowest BCUT2D eigenvalue weighted by molar-refractivity contribution is 0.200. The fourth-order valence-corrected chi connectivity index (χ4v) is 1.59. The van der Waals surface area contributed by atoms with Gasteiger partial charge in [0.05, 0.1) is 6.61 Å². The van der Waals surface area contributed by atoms with Gasteiger partial charge in [-0.1, -0.05) is 6.92 Å². The summed E-state index contributed by atoms with van der Waals surface area (Å²) in [5, 5.41) is 3.11. The first-order chi connectivity index (χ1) is 7.22. The average molecular weight is 209 g/mol. The Labute approximate surface area is 91.1 Å². The van der Waals surface area contributed by atoms with Gasteiger partial charge in [0.25, 0.3) is 0 Å². The molecule has 1 N–H and O–H groups in total. The van der Waals surface area contributed by atoms with Gasteiger partial charge in [-0.05, 0) is 13.3 Å². The molecule has 0 amide bonds. The smallest absolute Gasteiger partial charge is 0.133 e. The van der Waals surface area contributed by atoms with E-state index in [1.807, 2.05) is 14.0 Å². The van der Waals surface area contributed by atoms with Crippen molar-refractivity contribution < 1.29 is 4.74 Å². The fourth-order valence-electron chi connectivity index (χ4n) is 1.59. The van der Waals surface area contributed by atoms with Crippen LogP contribution in [-0.4, -0.2) is 30.7 Å². The van der Waals surface area contributed by atoms with Crippen LogP contribution < -0.4 is 5.32 Å². The number of rotatable bonds is 5. The lowest BCUT2D eigenvalue weighted by atomic mass is 10.1. The van der Waals surface area contributed by atoms with Gasteiger partial charge in [-0.25, -0.2) is 9.97 Å². The Morgan fingerprint density at radius 2 is 2.07 bits per heavy atom. The minimum Gasteiger partial charge on any atom is -0.384 e. The fraction of sp³-hybridized carbons (Fsp3) is 0.636. The highest BCUT2D eigenvalue weighted by atomic mass is 16.5. The number of hydrogen-bond acceptors (Lipinski definition) is 4. The molecule has 0 radical (unpaired) electrons. The second kappa shape index (κ2) is 5.66. The van der Waals surface area contributed by atoms with E-state index in [2.05, 4.69) is 22.2 Å². The van der Waals surface area contributed by atoms with Crippen molar-refractivity contribution in [3.05, 3.63) is 17.1 Å². The van der Waals surface area contributed by atoms with E-state index in [-0.39, 0.29) is 0 Å². The molecule has 0 aliphatic carbocycles. The van der Waals surface area contributed by atoms with Gasteiger partial charge in [0.15, 0.2) is 0 Å². The zero-order valence-corrected chi connectivity index (χ0v) is 9.92. The molecule has 0 saturated carbocycles. The first kappa shape index (κ1) is 11.9. The number of anilines is 1. The first-order valence-electron chi connectivity index (χ1n) is 5.26. The molecule has 0 aromatic carbocycles. The topological polar surface area (TPSA) is 47.0 Å². The third kappa shape index (κ3) is 2.89. The Kier molecular flexibility index (Phi) is 4.49. The predicted molar refractivity (Wildman–Crippen MR) is 61.3 cm³/mol. The van der Waals surface area contributed by atoms with Crippen molar-refractivity contribution in [1.29, 1.82) is 0 Å². The zero-order valence-electron chi connectivity index (χ0n) is 9.92. The minimum absolute atomic E-state index is 0.661. The van der Waals surface area contributed by atoms with Gasteiger partial charge in [0.2, 0.25) is 0 Å². The van der Waals surface area contributed by atoms with Crippen molar-refractivity contribution in [3.63, 3.8) is 0 Å². The van der Waals surface area contributed by atoms with Gasteiger partial charge in [0, 0.05) is 31.8 Å². The molecule has 0 spiro atoms. The predicted octanol–water partition coefficient (Wildman–Crippen LogP) is 1.58. The molecule has 0 aliphatic heterocycles. The molecule has 0 saturated heterocycles. The molecule has 4 nitrogen and oxygen atoms in total. The van der Waals surface area contributed by atoms with Gasteiger partial charge in [0.1, 0.15) is 11.6 Å². The van der Waals surface area contributed by atoms with E-state index in [0.29, 0.717) is 6.61 Å². The molecular weight excluding hydrogens is 190 g/mol. The van der Waals surface area contributed by atoms with E-state index < -0.39 is 0 Å². The average Bonchev–Trinajstić information content (AvgIpc) is 2.25. The Hall–Kier alpha value is -1.16. The maximum Gasteiger partial charge on any atom is 0.133 e. The molecule has 15 heavy (non-hydrogen) atoms. The van der Waals surface area contributed by atoms with Gasteiger partial charge >= 0.3 is 0 Å². The summed E-state index contributed by atoms with van der Waals surface area (Å²) in [7, 11) is 3.58. The van der Waals surface area contributed by atoms with E-state index in [4.69, 9.17) is 4.74 Å². The highest BCUT2D eigenvalue weighted by molar-refractivity contribution is 5.45. The second-order valence-corrected chi connectivity index (χ2v) is 3.40. The summed E-state index contributed by atoms with van der Waals surface area (Å²) in [6, 6.07) is 0. The molecule has 1 aromatic heterocycles. The SMILES string of the molecule is CCc1c(C)nc(CCOC)nc1NC. The van der Waals surface area contributed by atoms with E-state index in [1.54, 1.807) is 7.11 Å². The first-order valence-corrected chi connectivity index (χ1v) is 5.26. The van der Waals surface area contributed by atoms with Crippen molar-refractivity contribution in [2.24, 2.45) is 0 Å². The second-order valence-electron chi connectivity index (χ2n) is 3.40. The summed E-state index contributed by atoms with van der Waals surface area (Å²) in [6.07, 6.45) is 1.71. The number of hydrogen-bond donors (Lipinski definition) is 1. The molecular formula is C11H19N3O. The van der Waals surface area contributed by atoms with Crippen LogP contribution in [0.4, 0.5) is 5.82 Å².